The van der Waals surface area contributed by atoms with Crippen LogP contribution < -0.4 is 0 Å². The molecule has 0 saturated carbocycles. The molecule has 0 amide bonds. The zero-order chi connectivity index (χ0) is 20.2. The number of hydrogen-bond donors (Lipinski definition) is 0. The van der Waals surface area contributed by atoms with Crippen LogP contribution in [-0.4, -0.2) is 11.6 Å². The molecule has 0 fully saturated rings. The Labute approximate surface area is 178 Å². The first-order chi connectivity index (χ1) is 13.7. The molecule has 0 aromatic carbocycles. The molecule has 2 rings (SSSR count). The van der Waals surface area contributed by atoms with Crippen LogP contribution in [0.1, 0.15) is 97.4 Å². The fourth-order valence-corrected chi connectivity index (χ4v) is 5.27. The van der Waals surface area contributed by atoms with E-state index in [9.17, 15) is 9.59 Å². The lowest BCUT2D eigenvalue weighted by Gasteiger charge is -2.25. The third kappa shape index (κ3) is 6.97. The zero-order valence-electron chi connectivity index (χ0n) is 17.3. The van der Waals surface area contributed by atoms with Gasteiger partial charge in [-0.15, -0.1) is 22.7 Å². The summed E-state index contributed by atoms with van der Waals surface area (Å²) in [6, 6.07) is 7.69. The molecular weight excluding hydrogens is 384 g/mol. The van der Waals surface area contributed by atoms with Gasteiger partial charge in [0, 0.05) is 11.8 Å². The van der Waals surface area contributed by atoms with Gasteiger partial charge in [-0.1, -0.05) is 77.3 Å². The average Bonchev–Trinajstić information content (AvgIpc) is 3.42. The molecule has 0 bridgehead atoms. The maximum absolute atomic E-state index is 13.3. The minimum absolute atomic E-state index is 0.178. The highest BCUT2D eigenvalue weighted by Gasteiger charge is 2.34. The maximum Gasteiger partial charge on any atom is 0.176 e. The van der Waals surface area contributed by atoms with Crippen LogP contribution in [-0.2, 0) is 0 Å². The van der Waals surface area contributed by atoms with Crippen molar-refractivity contribution >= 4 is 34.2 Å². The van der Waals surface area contributed by atoms with E-state index in [2.05, 4.69) is 13.8 Å². The van der Waals surface area contributed by atoms with Gasteiger partial charge in [0.05, 0.1) is 9.75 Å². The first kappa shape index (κ1) is 23.0. The molecule has 0 aliphatic rings. The Morgan fingerprint density at radius 3 is 1.46 bits per heavy atom. The smallest absolute Gasteiger partial charge is 0.176 e. The number of rotatable bonds is 15. The van der Waals surface area contributed by atoms with Crippen molar-refractivity contribution in [3.05, 3.63) is 44.8 Å². The number of carbonyl (C=O) groups is 2. The van der Waals surface area contributed by atoms with Crippen LogP contribution in [0, 0.1) is 11.8 Å². The standard InChI is InChI=1S/C24H34O2S2/c1-3-5-7-9-13-19(23(25)21-15-11-17-27-21)20(14-10-8-6-4-2)24(26)22-16-12-18-28-22/h11-12,15-20H,3-10,13-14H2,1-2H3/t19-,20+. The van der Waals surface area contributed by atoms with E-state index in [-0.39, 0.29) is 23.4 Å². The van der Waals surface area contributed by atoms with E-state index in [1.54, 1.807) is 0 Å². The van der Waals surface area contributed by atoms with E-state index < -0.39 is 0 Å². The Morgan fingerprint density at radius 2 is 1.14 bits per heavy atom. The van der Waals surface area contributed by atoms with Gasteiger partial charge in [0.25, 0.3) is 0 Å². The molecule has 0 spiro atoms. The molecule has 0 aliphatic carbocycles. The number of ketones is 2. The van der Waals surface area contributed by atoms with Crippen molar-refractivity contribution in [2.24, 2.45) is 11.8 Å². The summed E-state index contributed by atoms with van der Waals surface area (Å²) >= 11 is 3.01. The summed E-state index contributed by atoms with van der Waals surface area (Å²) in [5, 5.41) is 3.91. The second-order valence-electron chi connectivity index (χ2n) is 7.59. The van der Waals surface area contributed by atoms with Crippen LogP contribution in [0.4, 0.5) is 0 Å². The Balaban J connectivity index is 2.21. The quantitative estimate of drug-likeness (QED) is 0.216. The minimum atomic E-state index is -0.188. The summed E-state index contributed by atoms with van der Waals surface area (Å²) in [6.45, 7) is 4.40. The number of unbranched alkanes of at least 4 members (excludes halogenated alkanes) is 6. The van der Waals surface area contributed by atoms with Crippen molar-refractivity contribution in [3.8, 4) is 0 Å². The predicted molar refractivity (Wildman–Crippen MR) is 122 cm³/mol. The van der Waals surface area contributed by atoms with Crippen LogP contribution in [0.2, 0.25) is 0 Å². The lowest BCUT2D eigenvalue weighted by Crippen LogP contribution is -2.30. The lowest BCUT2D eigenvalue weighted by atomic mass is 9.78. The first-order valence-electron chi connectivity index (χ1n) is 10.8. The normalized spacial score (nSPS) is 13.4. The van der Waals surface area contributed by atoms with Crippen LogP contribution in [0.15, 0.2) is 35.0 Å². The number of hydrogen-bond acceptors (Lipinski definition) is 4. The Bertz CT molecular complexity index is 613. The molecule has 0 aliphatic heterocycles. The van der Waals surface area contributed by atoms with Gasteiger partial charge >= 0.3 is 0 Å². The molecule has 0 N–H and O–H groups in total. The van der Waals surface area contributed by atoms with Gasteiger partial charge in [-0.05, 0) is 35.7 Å². The highest BCUT2D eigenvalue weighted by molar-refractivity contribution is 7.12. The van der Waals surface area contributed by atoms with Crippen LogP contribution in [0.3, 0.4) is 0 Å². The molecule has 2 aromatic rings. The number of Topliss-reactive ketones (excluding diaryl/α,β-unsaturated/α-hetero) is 2. The Morgan fingerprint density at radius 1 is 0.714 bits per heavy atom. The van der Waals surface area contributed by atoms with Gasteiger partial charge in [0.1, 0.15) is 0 Å². The second-order valence-corrected chi connectivity index (χ2v) is 9.49. The molecule has 2 aromatic heterocycles. The fraction of sp³-hybridized carbons (Fsp3) is 0.583. The van der Waals surface area contributed by atoms with Gasteiger partial charge < -0.3 is 0 Å². The summed E-state index contributed by atoms with van der Waals surface area (Å²) in [5.41, 5.74) is 0. The van der Waals surface area contributed by atoms with Gasteiger partial charge in [-0.2, -0.15) is 0 Å². The van der Waals surface area contributed by atoms with Crippen molar-refractivity contribution in [2.75, 3.05) is 0 Å². The van der Waals surface area contributed by atoms with Crippen molar-refractivity contribution in [1.82, 2.24) is 0 Å². The Kier molecular flexibility index (Phi) is 10.7. The number of carbonyl (C=O) groups excluding carboxylic acids is 2. The second kappa shape index (κ2) is 13.1. The van der Waals surface area contributed by atoms with Crippen molar-refractivity contribution < 1.29 is 9.59 Å². The SMILES string of the molecule is CCCCCC[C@H](C(=O)c1cccs1)[C@@H](CCCCCC)C(=O)c1cccs1. The maximum atomic E-state index is 13.3. The highest BCUT2D eigenvalue weighted by Crippen LogP contribution is 2.33. The van der Waals surface area contributed by atoms with Crippen molar-refractivity contribution in [1.29, 1.82) is 0 Å². The van der Waals surface area contributed by atoms with E-state index in [1.165, 1.54) is 48.4 Å². The molecule has 0 unspecified atom stereocenters. The predicted octanol–water partition coefficient (Wildman–Crippen LogP) is 8.05. The Hall–Kier alpha value is -1.26. The molecular formula is C24H34O2S2. The lowest BCUT2D eigenvalue weighted by molar-refractivity contribution is 0.0745. The van der Waals surface area contributed by atoms with Crippen LogP contribution in [0.25, 0.3) is 0 Å². The van der Waals surface area contributed by atoms with Crippen molar-refractivity contribution in [3.63, 3.8) is 0 Å². The first-order valence-corrected chi connectivity index (χ1v) is 12.6. The fourth-order valence-electron chi connectivity index (χ4n) is 3.82. The largest absolute Gasteiger partial charge is 0.293 e. The van der Waals surface area contributed by atoms with Gasteiger partial charge in [-0.3, -0.25) is 9.59 Å². The molecule has 154 valence electrons. The molecule has 2 nitrogen and oxygen atoms in total. The summed E-state index contributed by atoms with van der Waals surface area (Å²) in [5.74, 6) is -0.0211. The van der Waals surface area contributed by atoms with Gasteiger partial charge in [0.15, 0.2) is 11.6 Å². The minimum Gasteiger partial charge on any atom is -0.293 e. The van der Waals surface area contributed by atoms with Gasteiger partial charge in [0.2, 0.25) is 0 Å². The molecule has 0 saturated heterocycles. The van der Waals surface area contributed by atoms with E-state index >= 15 is 0 Å². The highest BCUT2D eigenvalue weighted by atomic mass is 32.1. The molecule has 28 heavy (non-hydrogen) atoms. The van der Waals surface area contributed by atoms with E-state index in [0.29, 0.717) is 0 Å². The molecule has 2 atom stereocenters. The molecule has 0 radical (unpaired) electrons. The average molecular weight is 419 g/mol. The topological polar surface area (TPSA) is 34.1 Å². The van der Waals surface area contributed by atoms with Crippen molar-refractivity contribution in [2.45, 2.75) is 78.1 Å². The summed E-state index contributed by atoms with van der Waals surface area (Å²) < 4.78 is 0. The summed E-state index contributed by atoms with van der Waals surface area (Å²) in [6.07, 6.45) is 10.7. The third-order valence-corrected chi connectivity index (χ3v) is 7.19. The number of thiophene rings is 2. The summed E-state index contributed by atoms with van der Waals surface area (Å²) in [7, 11) is 0. The van der Waals surface area contributed by atoms with Crippen LogP contribution >= 0.6 is 22.7 Å². The monoisotopic (exact) mass is 418 g/mol. The van der Waals surface area contributed by atoms with E-state index in [0.717, 1.165) is 48.3 Å². The van der Waals surface area contributed by atoms with Gasteiger partial charge in [-0.25, -0.2) is 0 Å². The van der Waals surface area contributed by atoms with Crippen LogP contribution in [0.5, 0.6) is 0 Å². The van der Waals surface area contributed by atoms with E-state index in [4.69, 9.17) is 0 Å². The molecule has 4 heteroatoms. The molecule has 2 heterocycles. The van der Waals surface area contributed by atoms with E-state index in [1.807, 2.05) is 35.0 Å². The third-order valence-electron chi connectivity index (χ3n) is 5.42. The zero-order valence-corrected chi connectivity index (χ0v) is 19.0. The summed E-state index contributed by atoms with van der Waals surface area (Å²) in [4.78, 5) is 28.3.